The molecular formula is C11H14O2S. The molecule has 1 heterocycles. The number of fused-ring (bicyclic) bond motifs is 1. The first-order chi connectivity index (χ1) is 6.63. The average Bonchev–Trinajstić information content (AvgIpc) is 2.40. The van der Waals surface area contributed by atoms with Crippen LogP contribution < -0.4 is 4.74 Å². The molecule has 0 saturated carbocycles. The van der Waals surface area contributed by atoms with Crippen molar-refractivity contribution in [1.29, 1.82) is 0 Å². The summed E-state index contributed by atoms with van der Waals surface area (Å²) in [7, 11) is 0. The first kappa shape index (κ1) is 9.87. The SMILES string of the molecule is CCOC1(C)Oc2ccc(C)cc2S1. The van der Waals surface area contributed by atoms with E-state index < -0.39 is 5.12 Å². The third kappa shape index (κ3) is 1.74. The van der Waals surface area contributed by atoms with Gasteiger partial charge in [0.15, 0.2) is 0 Å². The van der Waals surface area contributed by atoms with Crippen LogP contribution in [0.2, 0.25) is 0 Å². The Labute approximate surface area is 88.6 Å². The molecule has 3 heteroatoms. The molecule has 1 aliphatic heterocycles. The second-order valence-corrected chi connectivity index (χ2v) is 4.84. The Morgan fingerprint density at radius 3 is 3.00 bits per heavy atom. The maximum Gasteiger partial charge on any atom is 0.261 e. The van der Waals surface area contributed by atoms with E-state index in [9.17, 15) is 0 Å². The van der Waals surface area contributed by atoms with E-state index in [0.717, 1.165) is 5.75 Å². The third-order valence-electron chi connectivity index (χ3n) is 2.10. The predicted molar refractivity (Wildman–Crippen MR) is 57.7 cm³/mol. The Kier molecular flexibility index (Phi) is 2.45. The summed E-state index contributed by atoms with van der Waals surface area (Å²) in [6, 6.07) is 6.18. The summed E-state index contributed by atoms with van der Waals surface area (Å²) in [4.78, 5) is 1.17. The molecule has 0 bridgehead atoms. The summed E-state index contributed by atoms with van der Waals surface area (Å²) in [5.74, 6) is 0.927. The Balaban J connectivity index is 2.25. The van der Waals surface area contributed by atoms with E-state index in [1.54, 1.807) is 11.8 Å². The van der Waals surface area contributed by atoms with Crippen LogP contribution in [0.25, 0.3) is 0 Å². The van der Waals surface area contributed by atoms with Gasteiger partial charge < -0.3 is 9.47 Å². The lowest BCUT2D eigenvalue weighted by molar-refractivity contribution is -0.0878. The van der Waals surface area contributed by atoms with Crippen molar-refractivity contribution in [3.05, 3.63) is 23.8 Å². The van der Waals surface area contributed by atoms with Crippen molar-refractivity contribution in [2.24, 2.45) is 0 Å². The molecule has 0 aromatic heterocycles. The van der Waals surface area contributed by atoms with Crippen LogP contribution in [0.1, 0.15) is 19.4 Å². The van der Waals surface area contributed by atoms with Gasteiger partial charge in [0, 0.05) is 13.5 Å². The first-order valence-corrected chi connectivity index (χ1v) is 5.57. The maximum absolute atomic E-state index is 5.73. The molecule has 1 aromatic rings. The molecule has 1 aromatic carbocycles. The highest BCUT2D eigenvalue weighted by molar-refractivity contribution is 8.00. The van der Waals surface area contributed by atoms with Crippen LogP contribution in [0.15, 0.2) is 23.1 Å². The molecule has 0 fully saturated rings. The van der Waals surface area contributed by atoms with Crippen LogP contribution in [-0.2, 0) is 4.74 Å². The summed E-state index contributed by atoms with van der Waals surface area (Å²) in [6.07, 6.45) is 0. The molecule has 2 rings (SSSR count). The zero-order valence-corrected chi connectivity index (χ0v) is 9.48. The molecule has 0 amide bonds. The van der Waals surface area contributed by atoms with Gasteiger partial charge in [0.2, 0.25) is 0 Å². The Morgan fingerprint density at radius 2 is 2.29 bits per heavy atom. The van der Waals surface area contributed by atoms with Crippen LogP contribution >= 0.6 is 11.8 Å². The standard InChI is InChI=1S/C11H14O2S/c1-4-12-11(3)13-9-6-5-8(2)7-10(9)14-11/h5-7H,4H2,1-3H3. The van der Waals surface area contributed by atoms with Crippen LogP contribution in [0.5, 0.6) is 5.75 Å². The van der Waals surface area contributed by atoms with E-state index in [0.29, 0.717) is 6.61 Å². The fourth-order valence-corrected chi connectivity index (χ4v) is 2.68. The highest BCUT2D eigenvalue weighted by Gasteiger charge is 2.36. The molecule has 0 saturated heterocycles. The second kappa shape index (κ2) is 3.48. The Hall–Kier alpha value is -0.670. The highest BCUT2D eigenvalue weighted by atomic mass is 32.2. The first-order valence-electron chi connectivity index (χ1n) is 4.75. The minimum atomic E-state index is -0.537. The van der Waals surface area contributed by atoms with Gasteiger partial charge in [-0.25, -0.2) is 0 Å². The summed E-state index contributed by atoms with van der Waals surface area (Å²) < 4.78 is 11.3. The van der Waals surface area contributed by atoms with Crippen LogP contribution in [0, 0.1) is 6.92 Å². The predicted octanol–water partition coefficient (Wildman–Crippen LogP) is 3.19. The minimum Gasteiger partial charge on any atom is -0.452 e. The zero-order chi connectivity index (χ0) is 10.2. The van der Waals surface area contributed by atoms with E-state index in [1.165, 1.54) is 10.5 Å². The second-order valence-electron chi connectivity index (χ2n) is 3.45. The van der Waals surface area contributed by atoms with Crippen molar-refractivity contribution in [2.75, 3.05) is 6.61 Å². The number of aryl methyl sites for hydroxylation is 1. The van der Waals surface area contributed by atoms with E-state index in [4.69, 9.17) is 9.47 Å². The van der Waals surface area contributed by atoms with Gasteiger partial charge in [-0.15, -0.1) is 0 Å². The largest absolute Gasteiger partial charge is 0.452 e. The summed E-state index contributed by atoms with van der Waals surface area (Å²) >= 11 is 1.63. The van der Waals surface area contributed by atoms with Crippen LogP contribution in [0.3, 0.4) is 0 Å². The topological polar surface area (TPSA) is 18.5 Å². The van der Waals surface area contributed by atoms with Crippen molar-refractivity contribution in [3.8, 4) is 5.75 Å². The van der Waals surface area contributed by atoms with E-state index in [2.05, 4.69) is 19.1 Å². The summed E-state index contributed by atoms with van der Waals surface area (Å²) in [6.45, 7) is 6.67. The minimum absolute atomic E-state index is 0.537. The summed E-state index contributed by atoms with van der Waals surface area (Å²) in [5, 5.41) is -0.537. The molecule has 0 N–H and O–H groups in total. The number of ether oxygens (including phenoxy) is 2. The van der Waals surface area contributed by atoms with Crippen LogP contribution in [0.4, 0.5) is 0 Å². The third-order valence-corrected chi connectivity index (χ3v) is 3.21. The van der Waals surface area contributed by atoms with Gasteiger partial charge in [-0.1, -0.05) is 6.07 Å². The van der Waals surface area contributed by atoms with Gasteiger partial charge in [0.25, 0.3) is 5.12 Å². The molecule has 1 unspecified atom stereocenters. The molecule has 1 aliphatic rings. The zero-order valence-electron chi connectivity index (χ0n) is 8.66. The molecular weight excluding hydrogens is 196 g/mol. The average molecular weight is 210 g/mol. The summed E-state index contributed by atoms with van der Waals surface area (Å²) in [5.41, 5.74) is 1.25. The van der Waals surface area contributed by atoms with Gasteiger partial charge >= 0.3 is 0 Å². The van der Waals surface area contributed by atoms with Gasteiger partial charge in [0.1, 0.15) is 5.75 Å². The molecule has 1 atom stereocenters. The van der Waals surface area contributed by atoms with E-state index >= 15 is 0 Å². The van der Waals surface area contributed by atoms with Crippen molar-refractivity contribution < 1.29 is 9.47 Å². The van der Waals surface area contributed by atoms with E-state index in [-0.39, 0.29) is 0 Å². The van der Waals surface area contributed by atoms with Crippen molar-refractivity contribution in [2.45, 2.75) is 30.8 Å². The lowest BCUT2D eigenvalue weighted by Gasteiger charge is -2.21. The fraction of sp³-hybridized carbons (Fsp3) is 0.455. The van der Waals surface area contributed by atoms with Crippen LogP contribution in [-0.4, -0.2) is 11.7 Å². The molecule has 76 valence electrons. The maximum atomic E-state index is 5.73. The lowest BCUT2D eigenvalue weighted by Crippen LogP contribution is -2.28. The molecule has 0 radical (unpaired) electrons. The fourth-order valence-electron chi connectivity index (χ4n) is 1.52. The Morgan fingerprint density at radius 1 is 1.50 bits per heavy atom. The number of benzene rings is 1. The number of hydrogen-bond acceptors (Lipinski definition) is 3. The quantitative estimate of drug-likeness (QED) is 0.747. The van der Waals surface area contributed by atoms with Gasteiger partial charge in [-0.2, -0.15) is 0 Å². The van der Waals surface area contributed by atoms with Gasteiger partial charge in [-0.05, 0) is 43.3 Å². The molecule has 14 heavy (non-hydrogen) atoms. The Bertz CT molecular complexity index is 351. The number of rotatable bonds is 2. The monoisotopic (exact) mass is 210 g/mol. The molecule has 2 nitrogen and oxygen atoms in total. The normalized spacial score (nSPS) is 24.5. The van der Waals surface area contributed by atoms with Crippen molar-refractivity contribution >= 4 is 11.8 Å². The molecule has 0 spiro atoms. The number of thioether (sulfide) groups is 1. The van der Waals surface area contributed by atoms with E-state index in [1.807, 2.05) is 19.9 Å². The smallest absolute Gasteiger partial charge is 0.261 e. The highest BCUT2D eigenvalue weighted by Crippen LogP contribution is 2.47. The molecule has 0 aliphatic carbocycles. The van der Waals surface area contributed by atoms with Crippen molar-refractivity contribution in [3.63, 3.8) is 0 Å². The lowest BCUT2D eigenvalue weighted by atomic mass is 10.2. The van der Waals surface area contributed by atoms with Crippen molar-refractivity contribution in [1.82, 2.24) is 0 Å². The number of hydrogen-bond donors (Lipinski definition) is 0. The van der Waals surface area contributed by atoms with Gasteiger partial charge in [0.05, 0.1) is 4.90 Å². The van der Waals surface area contributed by atoms with Gasteiger partial charge in [-0.3, -0.25) is 0 Å².